The molecular weight excluding hydrogens is 417 g/mol. The number of hydrogen-bond acceptors (Lipinski definition) is 1. The SMILES string of the molecule is CC[N+]1=C(C)SCC1.c1ccc([B-](c2ccccc2)(c2ccccc2)c2ccccc2)cc1. The van der Waals surface area contributed by atoms with Crippen LogP contribution in [0.2, 0.25) is 0 Å². The van der Waals surface area contributed by atoms with Crippen LogP contribution in [-0.4, -0.2) is 34.6 Å². The van der Waals surface area contributed by atoms with Crippen LogP contribution in [0.25, 0.3) is 0 Å². The van der Waals surface area contributed by atoms with Crippen molar-refractivity contribution in [2.24, 2.45) is 0 Å². The van der Waals surface area contributed by atoms with E-state index in [2.05, 4.69) is 140 Å². The molecule has 0 bridgehead atoms. The van der Waals surface area contributed by atoms with E-state index in [4.69, 9.17) is 0 Å². The third-order valence-corrected chi connectivity index (χ3v) is 7.76. The van der Waals surface area contributed by atoms with Gasteiger partial charge in [0.1, 0.15) is 12.7 Å². The van der Waals surface area contributed by atoms with Gasteiger partial charge in [-0.25, -0.2) is 4.58 Å². The monoisotopic (exact) mass is 449 g/mol. The molecule has 0 aromatic heterocycles. The zero-order valence-corrected chi connectivity index (χ0v) is 20.4. The van der Waals surface area contributed by atoms with Crippen LogP contribution in [0.5, 0.6) is 0 Å². The minimum Gasteiger partial charge on any atom is -0.228 e. The standard InChI is InChI=1S/C24H20B.C6H12NS/c1-5-13-21(14-6-1)25(22-15-7-2-8-16-22,23-17-9-3-10-18-23)24-19-11-4-12-20-24;1-3-7-4-5-8-6(7)2/h1-20H;3-5H2,1-2H3/q-1;+1. The second kappa shape index (κ2) is 11.2. The van der Waals surface area contributed by atoms with Crippen molar-refractivity contribution in [3.63, 3.8) is 0 Å². The first kappa shape index (κ1) is 23.1. The summed E-state index contributed by atoms with van der Waals surface area (Å²) in [4.78, 5) is 0. The first-order valence-corrected chi connectivity index (χ1v) is 12.8. The minimum atomic E-state index is -1.22. The highest BCUT2D eigenvalue weighted by atomic mass is 32.2. The van der Waals surface area contributed by atoms with Crippen molar-refractivity contribution in [2.45, 2.75) is 13.8 Å². The molecule has 1 aliphatic rings. The van der Waals surface area contributed by atoms with Crippen molar-refractivity contribution in [1.29, 1.82) is 0 Å². The molecule has 166 valence electrons. The van der Waals surface area contributed by atoms with Crippen LogP contribution in [0.3, 0.4) is 0 Å². The van der Waals surface area contributed by atoms with E-state index in [1.54, 1.807) is 0 Å². The average Bonchev–Trinajstić information content (AvgIpc) is 3.32. The van der Waals surface area contributed by atoms with Crippen LogP contribution in [0.1, 0.15) is 13.8 Å². The van der Waals surface area contributed by atoms with Crippen LogP contribution >= 0.6 is 11.8 Å². The molecule has 1 aliphatic heterocycles. The summed E-state index contributed by atoms with van der Waals surface area (Å²) in [6.07, 6.45) is -1.22. The molecule has 0 saturated heterocycles. The van der Waals surface area contributed by atoms with Gasteiger partial charge in [-0.2, -0.15) is 21.9 Å². The number of benzene rings is 4. The van der Waals surface area contributed by atoms with Gasteiger partial charge < -0.3 is 0 Å². The van der Waals surface area contributed by atoms with Gasteiger partial charge >= 0.3 is 0 Å². The maximum atomic E-state index is 2.41. The van der Waals surface area contributed by atoms with Crippen molar-refractivity contribution < 1.29 is 4.58 Å². The van der Waals surface area contributed by atoms with Crippen molar-refractivity contribution in [2.75, 3.05) is 18.8 Å². The molecule has 0 saturated carbocycles. The Morgan fingerprint density at radius 3 is 1.15 bits per heavy atom. The van der Waals surface area contributed by atoms with Gasteiger partial charge in [0.15, 0.2) is 6.54 Å². The van der Waals surface area contributed by atoms with Gasteiger partial charge in [-0.15, -0.1) is 0 Å². The molecule has 0 N–H and O–H groups in total. The van der Waals surface area contributed by atoms with Gasteiger partial charge in [0.05, 0.1) is 5.75 Å². The zero-order valence-electron chi connectivity index (χ0n) is 19.6. The van der Waals surface area contributed by atoms with E-state index in [0.29, 0.717) is 0 Å². The van der Waals surface area contributed by atoms with Gasteiger partial charge in [-0.05, 0) is 6.92 Å². The van der Waals surface area contributed by atoms with E-state index in [-0.39, 0.29) is 0 Å². The smallest absolute Gasteiger partial charge is 0.207 e. The lowest BCUT2D eigenvalue weighted by molar-refractivity contribution is -0.514. The molecule has 1 heterocycles. The highest BCUT2D eigenvalue weighted by Crippen LogP contribution is 2.10. The van der Waals surface area contributed by atoms with Crippen LogP contribution in [0.15, 0.2) is 121 Å². The van der Waals surface area contributed by atoms with E-state index >= 15 is 0 Å². The average molecular weight is 449 g/mol. The molecule has 0 aliphatic carbocycles. The molecule has 4 aromatic carbocycles. The molecule has 5 rings (SSSR count). The van der Waals surface area contributed by atoms with Crippen molar-refractivity contribution in [3.05, 3.63) is 121 Å². The fraction of sp³-hybridized carbons (Fsp3) is 0.167. The van der Waals surface area contributed by atoms with Crippen molar-refractivity contribution in [3.8, 4) is 0 Å². The number of rotatable bonds is 5. The second-order valence-electron chi connectivity index (χ2n) is 8.46. The maximum Gasteiger partial charge on any atom is 0.207 e. The lowest BCUT2D eigenvalue weighted by atomic mass is 9.13. The molecule has 0 radical (unpaired) electrons. The maximum absolute atomic E-state index is 2.41. The van der Waals surface area contributed by atoms with E-state index in [9.17, 15) is 0 Å². The van der Waals surface area contributed by atoms with Crippen LogP contribution in [0, 0.1) is 0 Å². The molecule has 0 spiro atoms. The Bertz CT molecular complexity index is 996. The van der Waals surface area contributed by atoms with Gasteiger partial charge in [-0.1, -0.05) is 133 Å². The molecule has 33 heavy (non-hydrogen) atoms. The van der Waals surface area contributed by atoms with E-state index in [1.165, 1.54) is 45.7 Å². The van der Waals surface area contributed by atoms with Crippen molar-refractivity contribution in [1.82, 2.24) is 0 Å². The zero-order chi connectivity index (χ0) is 22.9. The van der Waals surface area contributed by atoms with Crippen LogP contribution in [0.4, 0.5) is 0 Å². The molecule has 1 nitrogen and oxygen atoms in total. The Morgan fingerprint density at radius 2 is 0.939 bits per heavy atom. The number of nitrogens with zero attached hydrogens (tertiary/aromatic N) is 1. The predicted octanol–water partition coefficient (Wildman–Crippen LogP) is 4.25. The fourth-order valence-corrected chi connectivity index (χ4v) is 6.06. The normalized spacial score (nSPS) is 13.4. The highest BCUT2D eigenvalue weighted by Gasteiger charge is 2.31. The topological polar surface area (TPSA) is 3.01 Å². The molecule has 0 fully saturated rings. The molecule has 3 heteroatoms. The third kappa shape index (κ3) is 4.99. The van der Waals surface area contributed by atoms with Gasteiger partial charge in [0.2, 0.25) is 5.04 Å². The van der Waals surface area contributed by atoms with E-state index in [1.807, 2.05) is 11.8 Å². The van der Waals surface area contributed by atoms with Crippen LogP contribution in [-0.2, 0) is 0 Å². The summed E-state index contributed by atoms with van der Waals surface area (Å²) in [5.74, 6) is 1.29. The van der Waals surface area contributed by atoms with Gasteiger partial charge in [-0.3, -0.25) is 0 Å². The summed E-state index contributed by atoms with van der Waals surface area (Å²) >= 11 is 1.97. The number of thioether (sulfide) groups is 1. The first-order chi connectivity index (χ1) is 16.3. The largest absolute Gasteiger partial charge is 0.228 e. The molecule has 4 aromatic rings. The van der Waals surface area contributed by atoms with Crippen molar-refractivity contribution >= 4 is 44.8 Å². The lowest BCUT2D eigenvalue weighted by Crippen LogP contribution is -2.74. The fourth-order valence-electron chi connectivity index (χ4n) is 5.05. The number of hydrogen-bond donors (Lipinski definition) is 0. The second-order valence-corrected chi connectivity index (χ2v) is 9.74. The first-order valence-electron chi connectivity index (χ1n) is 11.9. The Hall–Kier alpha value is -3.04. The van der Waals surface area contributed by atoms with Crippen LogP contribution < -0.4 is 21.9 Å². The summed E-state index contributed by atoms with van der Waals surface area (Å²) in [5.41, 5.74) is 5.36. The third-order valence-electron chi connectivity index (χ3n) is 6.70. The molecule has 0 atom stereocenters. The summed E-state index contributed by atoms with van der Waals surface area (Å²) in [5, 5.41) is 1.49. The summed E-state index contributed by atoms with van der Waals surface area (Å²) in [6.45, 7) is 6.84. The van der Waals surface area contributed by atoms with Gasteiger partial charge in [0.25, 0.3) is 0 Å². The Morgan fingerprint density at radius 1 is 0.606 bits per heavy atom. The Labute approximate surface area is 203 Å². The molecule has 0 amide bonds. The quantitative estimate of drug-likeness (QED) is 0.325. The van der Waals surface area contributed by atoms with Gasteiger partial charge in [0, 0.05) is 6.92 Å². The molecule has 0 unspecified atom stereocenters. The summed E-state index contributed by atoms with van der Waals surface area (Å²) < 4.78 is 2.41. The summed E-state index contributed by atoms with van der Waals surface area (Å²) in [6, 6.07) is 43.5. The van der Waals surface area contributed by atoms with E-state index < -0.39 is 6.15 Å². The predicted molar refractivity (Wildman–Crippen MR) is 149 cm³/mol. The minimum absolute atomic E-state index is 1.18. The Kier molecular flexibility index (Phi) is 7.85. The Balaban J connectivity index is 0.000000275. The molecular formula is C30H32BNS. The lowest BCUT2D eigenvalue weighted by Gasteiger charge is -2.44. The van der Waals surface area contributed by atoms with E-state index in [0.717, 1.165) is 0 Å². The summed E-state index contributed by atoms with van der Waals surface area (Å²) in [7, 11) is 0. The highest BCUT2D eigenvalue weighted by molar-refractivity contribution is 8.13.